The molecule has 1 amide bonds. The molecule has 0 aromatic carbocycles. The van der Waals surface area contributed by atoms with Gasteiger partial charge in [0.2, 0.25) is 0 Å². The van der Waals surface area contributed by atoms with Crippen molar-refractivity contribution in [1.82, 2.24) is 15.3 Å². The lowest BCUT2D eigenvalue weighted by Crippen LogP contribution is -2.33. The smallest absolute Gasteiger partial charge is 0.254 e. The molecule has 2 heterocycles. The number of amides is 1. The van der Waals surface area contributed by atoms with Gasteiger partial charge in [-0.15, -0.1) is 0 Å². The lowest BCUT2D eigenvalue weighted by atomic mass is 10.1. The molecule has 20 heavy (non-hydrogen) atoms. The summed E-state index contributed by atoms with van der Waals surface area (Å²) in [5.41, 5.74) is 1.23. The fourth-order valence-electron chi connectivity index (χ4n) is 1.99. The van der Waals surface area contributed by atoms with Gasteiger partial charge < -0.3 is 9.73 Å². The molecule has 0 saturated carbocycles. The average Bonchev–Trinajstić information content (AvgIpc) is 2.89. The van der Waals surface area contributed by atoms with E-state index in [4.69, 9.17) is 4.42 Å². The quantitative estimate of drug-likeness (QED) is 0.908. The van der Waals surface area contributed by atoms with E-state index >= 15 is 0 Å². The van der Waals surface area contributed by atoms with Crippen molar-refractivity contribution < 1.29 is 9.21 Å². The SMILES string of the molecule is Cc1ncc(C(=O)N[C@H](C)CCc2ccco2)c(C)n1. The zero-order valence-corrected chi connectivity index (χ0v) is 12.0. The lowest BCUT2D eigenvalue weighted by molar-refractivity contribution is 0.0936. The summed E-state index contributed by atoms with van der Waals surface area (Å²) < 4.78 is 5.27. The summed E-state index contributed by atoms with van der Waals surface area (Å²) in [4.78, 5) is 20.4. The molecule has 2 aromatic heterocycles. The predicted octanol–water partition coefficient (Wildman–Crippen LogP) is 2.44. The van der Waals surface area contributed by atoms with Gasteiger partial charge in [0.1, 0.15) is 11.6 Å². The maximum Gasteiger partial charge on any atom is 0.254 e. The van der Waals surface area contributed by atoms with E-state index in [-0.39, 0.29) is 11.9 Å². The summed E-state index contributed by atoms with van der Waals surface area (Å²) in [6.45, 7) is 5.60. The molecular formula is C15H19N3O2. The summed E-state index contributed by atoms with van der Waals surface area (Å²) in [5, 5.41) is 2.96. The lowest BCUT2D eigenvalue weighted by Gasteiger charge is -2.14. The number of nitrogens with one attached hydrogen (secondary N) is 1. The zero-order valence-electron chi connectivity index (χ0n) is 12.0. The van der Waals surface area contributed by atoms with Crippen LogP contribution in [0.3, 0.4) is 0 Å². The van der Waals surface area contributed by atoms with Gasteiger partial charge in [-0.25, -0.2) is 9.97 Å². The molecule has 0 saturated heterocycles. The fraction of sp³-hybridized carbons (Fsp3) is 0.400. The van der Waals surface area contributed by atoms with Crippen LogP contribution in [0.15, 0.2) is 29.0 Å². The van der Waals surface area contributed by atoms with Crippen molar-refractivity contribution >= 4 is 5.91 Å². The van der Waals surface area contributed by atoms with Crippen LogP contribution in [0.1, 0.15) is 41.0 Å². The monoisotopic (exact) mass is 273 g/mol. The van der Waals surface area contributed by atoms with Crippen LogP contribution in [0.4, 0.5) is 0 Å². The van der Waals surface area contributed by atoms with Crippen LogP contribution in [0.25, 0.3) is 0 Å². The van der Waals surface area contributed by atoms with Crippen molar-refractivity contribution in [3.63, 3.8) is 0 Å². The molecule has 2 aromatic rings. The number of hydrogen-bond acceptors (Lipinski definition) is 4. The van der Waals surface area contributed by atoms with Crippen molar-refractivity contribution in [3.05, 3.63) is 47.4 Å². The average molecular weight is 273 g/mol. The van der Waals surface area contributed by atoms with Gasteiger partial charge in [-0.2, -0.15) is 0 Å². The number of carbonyl (C=O) groups is 1. The first-order valence-electron chi connectivity index (χ1n) is 6.69. The van der Waals surface area contributed by atoms with Crippen LogP contribution in [-0.2, 0) is 6.42 Å². The molecule has 1 atom stereocenters. The summed E-state index contributed by atoms with van der Waals surface area (Å²) in [6.07, 6.45) is 4.86. The second-order valence-electron chi connectivity index (χ2n) is 4.91. The highest BCUT2D eigenvalue weighted by atomic mass is 16.3. The van der Waals surface area contributed by atoms with Gasteiger partial charge in [-0.3, -0.25) is 4.79 Å². The number of aromatic nitrogens is 2. The third-order valence-corrected chi connectivity index (χ3v) is 3.13. The number of nitrogens with zero attached hydrogens (tertiary/aromatic N) is 2. The maximum absolute atomic E-state index is 12.1. The van der Waals surface area contributed by atoms with Crippen LogP contribution in [0, 0.1) is 13.8 Å². The van der Waals surface area contributed by atoms with E-state index in [0.29, 0.717) is 17.1 Å². The van der Waals surface area contributed by atoms with E-state index in [1.807, 2.05) is 26.0 Å². The van der Waals surface area contributed by atoms with Gasteiger partial charge in [0.15, 0.2) is 0 Å². The molecule has 2 rings (SSSR count). The Morgan fingerprint density at radius 3 is 2.90 bits per heavy atom. The van der Waals surface area contributed by atoms with Crippen LogP contribution in [0.2, 0.25) is 0 Å². The van der Waals surface area contributed by atoms with Gasteiger partial charge >= 0.3 is 0 Å². The van der Waals surface area contributed by atoms with Gasteiger partial charge in [-0.1, -0.05) is 0 Å². The van der Waals surface area contributed by atoms with Gasteiger partial charge in [0, 0.05) is 18.7 Å². The van der Waals surface area contributed by atoms with E-state index in [9.17, 15) is 4.79 Å². The Morgan fingerprint density at radius 1 is 1.45 bits per heavy atom. The van der Waals surface area contributed by atoms with E-state index in [0.717, 1.165) is 18.6 Å². The van der Waals surface area contributed by atoms with E-state index in [1.54, 1.807) is 19.4 Å². The Hall–Kier alpha value is -2.17. The summed E-state index contributed by atoms with van der Waals surface area (Å²) in [6, 6.07) is 3.87. The van der Waals surface area contributed by atoms with Crippen molar-refractivity contribution in [2.75, 3.05) is 0 Å². The van der Waals surface area contributed by atoms with Crippen LogP contribution in [-0.4, -0.2) is 21.9 Å². The first-order valence-corrected chi connectivity index (χ1v) is 6.69. The fourth-order valence-corrected chi connectivity index (χ4v) is 1.99. The van der Waals surface area contributed by atoms with E-state index < -0.39 is 0 Å². The van der Waals surface area contributed by atoms with Crippen molar-refractivity contribution in [2.24, 2.45) is 0 Å². The largest absolute Gasteiger partial charge is 0.469 e. The molecule has 0 aliphatic heterocycles. The number of furan rings is 1. The molecule has 0 bridgehead atoms. The molecule has 0 unspecified atom stereocenters. The van der Waals surface area contributed by atoms with Crippen molar-refractivity contribution in [3.8, 4) is 0 Å². The van der Waals surface area contributed by atoms with Crippen LogP contribution < -0.4 is 5.32 Å². The molecule has 0 fully saturated rings. The number of rotatable bonds is 5. The van der Waals surface area contributed by atoms with Gasteiger partial charge in [0.25, 0.3) is 5.91 Å². The Kier molecular flexibility index (Phi) is 4.50. The summed E-state index contributed by atoms with van der Waals surface area (Å²) >= 11 is 0. The number of hydrogen-bond donors (Lipinski definition) is 1. The second-order valence-corrected chi connectivity index (χ2v) is 4.91. The third-order valence-electron chi connectivity index (χ3n) is 3.13. The molecule has 0 spiro atoms. The van der Waals surface area contributed by atoms with Crippen LogP contribution in [0.5, 0.6) is 0 Å². The maximum atomic E-state index is 12.1. The molecule has 5 nitrogen and oxygen atoms in total. The molecular weight excluding hydrogens is 254 g/mol. The minimum absolute atomic E-state index is 0.0632. The molecule has 5 heteroatoms. The van der Waals surface area contributed by atoms with Crippen molar-refractivity contribution in [2.45, 2.75) is 39.7 Å². The van der Waals surface area contributed by atoms with Crippen molar-refractivity contribution in [1.29, 1.82) is 0 Å². The van der Waals surface area contributed by atoms with Gasteiger partial charge in [0.05, 0.1) is 17.5 Å². The minimum Gasteiger partial charge on any atom is -0.469 e. The second kappa shape index (κ2) is 6.32. The summed E-state index contributed by atoms with van der Waals surface area (Å²) in [7, 11) is 0. The molecule has 1 N–H and O–H groups in total. The highest BCUT2D eigenvalue weighted by Crippen LogP contribution is 2.08. The zero-order chi connectivity index (χ0) is 14.5. The van der Waals surface area contributed by atoms with Gasteiger partial charge in [-0.05, 0) is 39.3 Å². The molecule has 0 aliphatic rings. The van der Waals surface area contributed by atoms with E-state index in [1.165, 1.54) is 0 Å². The Labute approximate surface area is 118 Å². The predicted molar refractivity (Wildman–Crippen MR) is 75.5 cm³/mol. The molecule has 106 valence electrons. The van der Waals surface area contributed by atoms with E-state index in [2.05, 4.69) is 15.3 Å². The normalized spacial score (nSPS) is 12.2. The minimum atomic E-state index is -0.130. The summed E-state index contributed by atoms with van der Waals surface area (Å²) in [5.74, 6) is 1.47. The standard InChI is InChI=1S/C15H19N3O2/c1-10(6-7-13-5-4-8-20-13)17-15(19)14-9-16-12(3)18-11(14)2/h4-5,8-10H,6-7H2,1-3H3,(H,17,19)/t10-/m1/s1. The topological polar surface area (TPSA) is 68.0 Å². The first kappa shape index (κ1) is 14.2. The Morgan fingerprint density at radius 2 is 2.25 bits per heavy atom. The molecule has 0 aliphatic carbocycles. The number of carbonyl (C=O) groups excluding carboxylic acids is 1. The molecule has 0 radical (unpaired) electrons. The highest BCUT2D eigenvalue weighted by Gasteiger charge is 2.13. The van der Waals surface area contributed by atoms with Crippen LogP contribution >= 0.6 is 0 Å². The third kappa shape index (κ3) is 3.66. The Balaban J connectivity index is 1.90. The number of aryl methyl sites for hydroxylation is 3. The Bertz CT molecular complexity index is 579. The highest BCUT2D eigenvalue weighted by molar-refractivity contribution is 5.95. The first-order chi connectivity index (χ1) is 9.56.